The van der Waals surface area contributed by atoms with E-state index in [-0.39, 0.29) is 12.5 Å². The summed E-state index contributed by atoms with van der Waals surface area (Å²) in [6.07, 6.45) is 0.560. The summed E-state index contributed by atoms with van der Waals surface area (Å²) in [5, 5.41) is 2.80. The first-order valence-corrected chi connectivity index (χ1v) is 8.68. The minimum Gasteiger partial charge on any atom is -0.496 e. The van der Waals surface area contributed by atoms with Crippen LogP contribution in [0.2, 0.25) is 0 Å². The van der Waals surface area contributed by atoms with E-state index in [4.69, 9.17) is 14.2 Å². The van der Waals surface area contributed by atoms with Crippen LogP contribution in [-0.2, 0) is 20.7 Å². The summed E-state index contributed by atoms with van der Waals surface area (Å²) in [5.41, 5.74) is 1.56. The third kappa shape index (κ3) is 5.77. The van der Waals surface area contributed by atoms with Gasteiger partial charge >= 0.3 is 5.97 Å². The Labute approximate surface area is 156 Å². The lowest BCUT2D eigenvalue weighted by Crippen LogP contribution is -2.28. The molecule has 138 valence electrons. The van der Waals surface area contributed by atoms with E-state index in [1.807, 2.05) is 12.1 Å². The number of amides is 1. The summed E-state index contributed by atoms with van der Waals surface area (Å²) in [5.74, 6) is 0.622. The van der Waals surface area contributed by atoms with E-state index in [2.05, 4.69) is 21.2 Å². The van der Waals surface area contributed by atoms with Crippen LogP contribution in [0.15, 0.2) is 27.8 Å². The highest BCUT2D eigenvalue weighted by molar-refractivity contribution is 9.10. The number of halogens is 1. The Bertz CT molecular complexity index is 670. The molecule has 0 unspecified atom stereocenters. The van der Waals surface area contributed by atoms with Crippen molar-refractivity contribution in [1.82, 2.24) is 5.32 Å². The van der Waals surface area contributed by atoms with Gasteiger partial charge in [0.25, 0.3) is 0 Å². The molecule has 1 aromatic rings. The zero-order valence-corrected chi connectivity index (χ0v) is 16.8. The van der Waals surface area contributed by atoms with Crippen molar-refractivity contribution in [3.63, 3.8) is 0 Å². The molecule has 0 aliphatic carbocycles. The molecular weight excluding hydrogens is 390 g/mol. The van der Waals surface area contributed by atoms with Gasteiger partial charge in [0.2, 0.25) is 5.91 Å². The topological polar surface area (TPSA) is 73.9 Å². The van der Waals surface area contributed by atoms with Crippen LogP contribution in [0.3, 0.4) is 0 Å². The first-order chi connectivity index (χ1) is 11.8. The lowest BCUT2D eigenvalue weighted by atomic mass is 10.1. The van der Waals surface area contributed by atoms with Gasteiger partial charge in [-0.1, -0.05) is 0 Å². The van der Waals surface area contributed by atoms with Crippen LogP contribution in [-0.4, -0.2) is 39.2 Å². The normalized spacial score (nSPS) is 11.4. The van der Waals surface area contributed by atoms with Gasteiger partial charge in [-0.3, -0.25) is 4.79 Å². The summed E-state index contributed by atoms with van der Waals surface area (Å²) in [7, 11) is 3.18. The number of hydrogen-bond acceptors (Lipinski definition) is 5. The van der Waals surface area contributed by atoms with Gasteiger partial charge in [0, 0.05) is 17.7 Å². The molecule has 1 aromatic carbocycles. The molecule has 0 saturated heterocycles. The standard InChI is InChI=1S/C18H24BrNO5/c1-6-25-18(22)12(3)11(2)17(21)20-8-7-13-9-16(24-5)14(19)10-15(13)23-4/h9-10H,6-8H2,1-5H3,(H,20,21)/b12-11-. The quantitative estimate of drug-likeness (QED) is 0.523. The second kappa shape index (κ2) is 10.1. The van der Waals surface area contributed by atoms with Gasteiger partial charge in [0.05, 0.1) is 25.3 Å². The molecule has 1 rings (SSSR count). The molecule has 0 heterocycles. The number of methoxy groups -OCH3 is 2. The van der Waals surface area contributed by atoms with Crippen LogP contribution in [0.25, 0.3) is 0 Å². The number of carbonyl (C=O) groups excluding carboxylic acids is 2. The van der Waals surface area contributed by atoms with Crippen molar-refractivity contribution >= 4 is 27.8 Å². The second-order valence-corrected chi connectivity index (χ2v) is 6.13. The van der Waals surface area contributed by atoms with Crippen LogP contribution >= 0.6 is 15.9 Å². The Hall–Kier alpha value is -2.02. The molecule has 25 heavy (non-hydrogen) atoms. The number of rotatable bonds is 8. The lowest BCUT2D eigenvalue weighted by Gasteiger charge is -2.13. The molecule has 7 heteroatoms. The molecule has 0 saturated carbocycles. The zero-order chi connectivity index (χ0) is 19.0. The maximum atomic E-state index is 12.2. The SMILES string of the molecule is CCOC(=O)/C(C)=C(/C)C(=O)NCCc1cc(OC)c(Br)cc1OC. The molecule has 1 amide bonds. The van der Waals surface area contributed by atoms with Crippen LogP contribution in [0, 0.1) is 0 Å². The first kappa shape index (κ1) is 21.0. The predicted octanol–water partition coefficient (Wildman–Crippen LogP) is 3.02. The van der Waals surface area contributed by atoms with Crippen molar-refractivity contribution in [3.05, 3.63) is 33.3 Å². The zero-order valence-electron chi connectivity index (χ0n) is 15.2. The molecule has 0 radical (unpaired) electrons. The van der Waals surface area contributed by atoms with E-state index in [1.54, 1.807) is 35.0 Å². The van der Waals surface area contributed by atoms with Crippen molar-refractivity contribution < 1.29 is 23.8 Å². The third-order valence-corrected chi connectivity index (χ3v) is 4.34. The van der Waals surface area contributed by atoms with E-state index in [9.17, 15) is 9.59 Å². The number of ether oxygens (including phenoxy) is 3. The van der Waals surface area contributed by atoms with Gasteiger partial charge in [-0.2, -0.15) is 0 Å². The Balaban J connectivity index is 2.75. The van der Waals surface area contributed by atoms with Crippen LogP contribution in [0.5, 0.6) is 11.5 Å². The largest absolute Gasteiger partial charge is 0.496 e. The van der Waals surface area contributed by atoms with Gasteiger partial charge in [0.15, 0.2) is 0 Å². The molecule has 0 fully saturated rings. The lowest BCUT2D eigenvalue weighted by molar-refractivity contribution is -0.138. The van der Waals surface area contributed by atoms with E-state index in [1.165, 1.54) is 0 Å². The summed E-state index contributed by atoms with van der Waals surface area (Å²) < 4.78 is 16.3. The van der Waals surface area contributed by atoms with Crippen molar-refractivity contribution in [2.24, 2.45) is 0 Å². The Morgan fingerprint density at radius 1 is 1.08 bits per heavy atom. The molecule has 0 atom stereocenters. The molecule has 0 spiro atoms. The molecular formula is C18H24BrNO5. The maximum Gasteiger partial charge on any atom is 0.334 e. The van der Waals surface area contributed by atoms with E-state index in [0.717, 1.165) is 10.0 Å². The predicted molar refractivity (Wildman–Crippen MR) is 99.0 cm³/mol. The minimum atomic E-state index is -0.477. The van der Waals surface area contributed by atoms with Gasteiger partial charge in [-0.25, -0.2) is 4.79 Å². The van der Waals surface area contributed by atoms with Gasteiger partial charge < -0.3 is 19.5 Å². The van der Waals surface area contributed by atoms with E-state index in [0.29, 0.717) is 35.6 Å². The fraction of sp³-hybridized carbons (Fsp3) is 0.444. The van der Waals surface area contributed by atoms with Crippen molar-refractivity contribution in [3.8, 4) is 11.5 Å². The first-order valence-electron chi connectivity index (χ1n) is 7.88. The smallest absolute Gasteiger partial charge is 0.334 e. The van der Waals surface area contributed by atoms with E-state index >= 15 is 0 Å². The highest BCUT2D eigenvalue weighted by atomic mass is 79.9. The fourth-order valence-electron chi connectivity index (χ4n) is 2.13. The maximum absolute atomic E-state index is 12.2. The molecule has 0 aromatic heterocycles. The van der Waals surface area contributed by atoms with Crippen molar-refractivity contribution in [1.29, 1.82) is 0 Å². The van der Waals surface area contributed by atoms with Crippen LogP contribution in [0.1, 0.15) is 26.3 Å². The van der Waals surface area contributed by atoms with Crippen LogP contribution < -0.4 is 14.8 Å². The average molecular weight is 414 g/mol. The molecule has 1 N–H and O–H groups in total. The average Bonchev–Trinajstić information content (AvgIpc) is 2.61. The number of esters is 1. The number of benzene rings is 1. The summed E-state index contributed by atoms with van der Waals surface area (Å²) in [6.45, 7) is 5.57. The summed E-state index contributed by atoms with van der Waals surface area (Å²) in [6, 6.07) is 3.69. The van der Waals surface area contributed by atoms with Crippen molar-refractivity contribution in [2.75, 3.05) is 27.4 Å². The summed E-state index contributed by atoms with van der Waals surface area (Å²) in [4.78, 5) is 23.9. The molecule has 0 bridgehead atoms. The van der Waals surface area contributed by atoms with Crippen molar-refractivity contribution in [2.45, 2.75) is 27.2 Å². The Kier molecular flexibility index (Phi) is 8.48. The fourth-order valence-corrected chi connectivity index (χ4v) is 2.61. The van der Waals surface area contributed by atoms with Gasteiger partial charge in [-0.05, 0) is 60.8 Å². The molecule has 6 nitrogen and oxygen atoms in total. The molecule has 0 aliphatic heterocycles. The highest BCUT2D eigenvalue weighted by Crippen LogP contribution is 2.32. The minimum absolute atomic E-state index is 0.274. The summed E-state index contributed by atoms with van der Waals surface area (Å²) >= 11 is 3.41. The van der Waals surface area contributed by atoms with Crippen LogP contribution in [0.4, 0.5) is 0 Å². The Morgan fingerprint density at radius 2 is 1.72 bits per heavy atom. The second-order valence-electron chi connectivity index (χ2n) is 5.27. The highest BCUT2D eigenvalue weighted by Gasteiger charge is 2.15. The molecule has 0 aliphatic rings. The monoisotopic (exact) mass is 413 g/mol. The van der Waals surface area contributed by atoms with E-state index < -0.39 is 5.97 Å². The number of nitrogens with one attached hydrogen (secondary N) is 1. The van der Waals surface area contributed by atoms with Gasteiger partial charge in [-0.15, -0.1) is 0 Å². The van der Waals surface area contributed by atoms with Gasteiger partial charge in [0.1, 0.15) is 11.5 Å². The number of carbonyl (C=O) groups is 2. The Morgan fingerprint density at radius 3 is 2.28 bits per heavy atom. The number of hydrogen-bond donors (Lipinski definition) is 1. The third-order valence-electron chi connectivity index (χ3n) is 3.72.